The van der Waals surface area contributed by atoms with Crippen LogP contribution in [0, 0.1) is 0 Å². The van der Waals surface area contributed by atoms with Crippen molar-refractivity contribution in [2.75, 3.05) is 26.7 Å². The Balaban J connectivity index is 0.00000392. The summed E-state index contributed by atoms with van der Waals surface area (Å²) in [5.41, 5.74) is 1.70. The molecule has 0 aliphatic heterocycles. The van der Waals surface area contributed by atoms with Crippen LogP contribution < -0.4 is 20.7 Å². The fourth-order valence-corrected chi connectivity index (χ4v) is 2.61. The van der Waals surface area contributed by atoms with Crippen LogP contribution in [0.5, 0.6) is 5.75 Å². The second-order valence-electron chi connectivity index (χ2n) is 5.74. The molecule has 6 nitrogen and oxygen atoms in total. The Labute approximate surface area is 191 Å². The molecule has 2 aromatic carbocycles. The Morgan fingerprint density at radius 1 is 1.07 bits per heavy atom. The number of rotatable bonds is 8. The lowest BCUT2D eigenvalue weighted by atomic mass is 10.2. The highest BCUT2D eigenvalue weighted by atomic mass is 127. The molecule has 0 unspecified atom stereocenters. The van der Waals surface area contributed by atoms with E-state index in [2.05, 4.69) is 36.9 Å². The van der Waals surface area contributed by atoms with Gasteiger partial charge in [0, 0.05) is 29.7 Å². The molecular weight excluding hydrogens is 535 g/mol. The van der Waals surface area contributed by atoms with Crippen LogP contribution in [0.1, 0.15) is 22.8 Å². The van der Waals surface area contributed by atoms with Gasteiger partial charge >= 0.3 is 0 Å². The number of carbonyl (C=O) groups excluding carboxylic acids is 1. The first-order valence-electron chi connectivity index (χ1n) is 8.81. The van der Waals surface area contributed by atoms with Crippen LogP contribution in [0.25, 0.3) is 0 Å². The number of nitrogens with one attached hydrogen (secondary N) is 3. The van der Waals surface area contributed by atoms with Crippen molar-refractivity contribution in [2.24, 2.45) is 4.99 Å². The lowest BCUT2D eigenvalue weighted by molar-refractivity contribution is 0.0954. The van der Waals surface area contributed by atoms with E-state index in [4.69, 9.17) is 4.74 Å². The van der Waals surface area contributed by atoms with Gasteiger partial charge < -0.3 is 20.7 Å². The highest BCUT2D eigenvalue weighted by Gasteiger charge is 2.04. The molecule has 2 rings (SSSR count). The molecule has 8 heteroatoms. The van der Waals surface area contributed by atoms with Gasteiger partial charge in [0.15, 0.2) is 5.96 Å². The molecule has 0 fully saturated rings. The summed E-state index contributed by atoms with van der Waals surface area (Å²) in [5, 5.41) is 9.31. The number of aliphatic imine (C=N–C) groups is 1. The molecule has 0 saturated heterocycles. The number of methoxy groups -OCH3 is 1. The van der Waals surface area contributed by atoms with Crippen molar-refractivity contribution in [3.05, 3.63) is 64.1 Å². The SMILES string of the molecule is CCNC(=NCc1cccc(OC)c1)NCCNC(=O)c1ccc(Br)cc1.I. The van der Waals surface area contributed by atoms with E-state index in [1.165, 1.54) is 0 Å². The van der Waals surface area contributed by atoms with Gasteiger partial charge in [0.05, 0.1) is 13.7 Å². The van der Waals surface area contributed by atoms with E-state index in [-0.39, 0.29) is 29.9 Å². The van der Waals surface area contributed by atoms with Gasteiger partial charge in [-0.3, -0.25) is 4.79 Å². The van der Waals surface area contributed by atoms with Gasteiger partial charge in [-0.05, 0) is 48.9 Å². The predicted molar refractivity (Wildman–Crippen MR) is 128 cm³/mol. The molecule has 3 N–H and O–H groups in total. The Bertz CT molecular complexity index is 769. The molecule has 152 valence electrons. The molecule has 0 saturated carbocycles. The van der Waals surface area contributed by atoms with Gasteiger partial charge in [-0.2, -0.15) is 0 Å². The first kappa shape index (κ1) is 24.2. The first-order valence-corrected chi connectivity index (χ1v) is 9.60. The van der Waals surface area contributed by atoms with Crippen LogP contribution in [0.15, 0.2) is 58.0 Å². The zero-order valence-electron chi connectivity index (χ0n) is 16.0. The van der Waals surface area contributed by atoms with Gasteiger partial charge in [-0.1, -0.05) is 28.1 Å². The largest absolute Gasteiger partial charge is 0.497 e. The number of halogens is 2. The molecular formula is C20H26BrIN4O2. The summed E-state index contributed by atoms with van der Waals surface area (Å²) in [6.07, 6.45) is 0. The summed E-state index contributed by atoms with van der Waals surface area (Å²) < 4.78 is 6.18. The van der Waals surface area contributed by atoms with Crippen molar-refractivity contribution < 1.29 is 9.53 Å². The summed E-state index contributed by atoms with van der Waals surface area (Å²) in [7, 11) is 1.65. The third-order valence-electron chi connectivity index (χ3n) is 3.71. The summed E-state index contributed by atoms with van der Waals surface area (Å²) in [5.74, 6) is 1.43. The minimum atomic E-state index is -0.0948. The van der Waals surface area contributed by atoms with Crippen molar-refractivity contribution in [3.8, 4) is 5.75 Å². The number of nitrogens with zero attached hydrogens (tertiary/aromatic N) is 1. The van der Waals surface area contributed by atoms with E-state index in [1.54, 1.807) is 19.2 Å². The van der Waals surface area contributed by atoms with E-state index >= 15 is 0 Å². The van der Waals surface area contributed by atoms with Gasteiger partial charge in [0.1, 0.15) is 5.75 Å². The maximum absolute atomic E-state index is 12.1. The fraction of sp³-hybridized carbons (Fsp3) is 0.300. The maximum Gasteiger partial charge on any atom is 0.251 e. The zero-order valence-corrected chi connectivity index (χ0v) is 19.9. The number of benzene rings is 2. The minimum Gasteiger partial charge on any atom is -0.497 e. The Morgan fingerprint density at radius 2 is 1.79 bits per heavy atom. The number of hydrogen-bond donors (Lipinski definition) is 3. The van der Waals surface area contributed by atoms with Crippen molar-refractivity contribution in [1.29, 1.82) is 0 Å². The molecule has 0 aliphatic rings. The van der Waals surface area contributed by atoms with Crippen molar-refractivity contribution in [3.63, 3.8) is 0 Å². The summed E-state index contributed by atoms with van der Waals surface area (Å²) in [4.78, 5) is 16.7. The van der Waals surface area contributed by atoms with E-state index in [9.17, 15) is 4.79 Å². The maximum atomic E-state index is 12.1. The molecule has 0 aliphatic carbocycles. The molecule has 0 aromatic heterocycles. The third kappa shape index (κ3) is 8.47. The molecule has 0 radical (unpaired) electrons. The van der Waals surface area contributed by atoms with E-state index < -0.39 is 0 Å². The Kier molecular flexibility index (Phi) is 11.6. The number of guanidine groups is 1. The topological polar surface area (TPSA) is 74.8 Å². The molecule has 0 heterocycles. The highest BCUT2D eigenvalue weighted by molar-refractivity contribution is 14.0. The van der Waals surface area contributed by atoms with Gasteiger partial charge in [-0.25, -0.2) is 4.99 Å². The highest BCUT2D eigenvalue weighted by Crippen LogP contribution is 2.13. The van der Waals surface area contributed by atoms with Crippen LogP contribution in [0.2, 0.25) is 0 Å². The van der Waals surface area contributed by atoms with Crippen LogP contribution in [-0.2, 0) is 6.54 Å². The molecule has 0 spiro atoms. The number of amides is 1. The molecule has 0 bridgehead atoms. The number of carbonyl (C=O) groups is 1. The van der Waals surface area contributed by atoms with Crippen molar-refractivity contribution in [1.82, 2.24) is 16.0 Å². The van der Waals surface area contributed by atoms with Crippen LogP contribution >= 0.6 is 39.9 Å². The monoisotopic (exact) mass is 560 g/mol. The van der Waals surface area contributed by atoms with E-state index in [0.29, 0.717) is 31.2 Å². The second kappa shape index (κ2) is 13.4. The van der Waals surface area contributed by atoms with Gasteiger partial charge in [-0.15, -0.1) is 24.0 Å². The minimum absolute atomic E-state index is 0. The average Bonchev–Trinajstić information content (AvgIpc) is 2.69. The standard InChI is InChI=1S/C20H25BrN4O2.HI/c1-3-22-20(25-14-15-5-4-6-18(13-15)27-2)24-12-11-23-19(26)16-7-9-17(21)10-8-16;/h4-10,13H,3,11-12,14H2,1-2H3,(H,23,26)(H2,22,24,25);1H. The predicted octanol–water partition coefficient (Wildman–Crippen LogP) is 3.56. The number of hydrogen-bond acceptors (Lipinski definition) is 3. The van der Waals surface area contributed by atoms with Crippen LogP contribution in [0.3, 0.4) is 0 Å². The molecule has 0 atom stereocenters. The smallest absolute Gasteiger partial charge is 0.251 e. The normalized spacial score (nSPS) is 10.6. The van der Waals surface area contributed by atoms with Gasteiger partial charge in [0.2, 0.25) is 0 Å². The second-order valence-corrected chi connectivity index (χ2v) is 6.65. The number of ether oxygens (including phenoxy) is 1. The molecule has 1 amide bonds. The lowest BCUT2D eigenvalue weighted by Crippen LogP contribution is -2.41. The lowest BCUT2D eigenvalue weighted by Gasteiger charge is -2.12. The Morgan fingerprint density at radius 3 is 2.46 bits per heavy atom. The van der Waals surface area contributed by atoms with Crippen LogP contribution in [-0.4, -0.2) is 38.6 Å². The van der Waals surface area contributed by atoms with Crippen LogP contribution in [0.4, 0.5) is 0 Å². The third-order valence-corrected chi connectivity index (χ3v) is 4.24. The average molecular weight is 561 g/mol. The summed E-state index contributed by atoms with van der Waals surface area (Å²) >= 11 is 3.36. The summed E-state index contributed by atoms with van der Waals surface area (Å²) in [6.45, 7) is 4.38. The zero-order chi connectivity index (χ0) is 19.5. The molecule has 28 heavy (non-hydrogen) atoms. The summed E-state index contributed by atoms with van der Waals surface area (Å²) in [6, 6.07) is 15.1. The van der Waals surface area contributed by atoms with Crippen molar-refractivity contribution >= 4 is 51.8 Å². The van der Waals surface area contributed by atoms with E-state index in [0.717, 1.165) is 22.3 Å². The van der Waals surface area contributed by atoms with Gasteiger partial charge in [0.25, 0.3) is 5.91 Å². The first-order chi connectivity index (χ1) is 13.1. The van der Waals surface area contributed by atoms with Crippen molar-refractivity contribution in [2.45, 2.75) is 13.5 Å². The quantitative estimate of drug-likeness (QED) is 0.200. The Hall–Kier alpha value is -1.81. The molecule has 2 aromatic rings. The fourth-order valence-electron chi connectivity index (χ4n) is 2.34. The van der Waals surface area contributed by atoms with E-state index in [1.807, 2.05) is 43.3 Å².